The molecule has 1 aliphatic carbocycles. The number of methoxy groups -OCH3 is 1. The number of carbonyl (C=O) groups excluding carboxylic acids is 2. The van der Waals surface area contributed by atoms with Gasteiger partial charge in [-0.25, -0.2) is 15.2 Å². The molecule has 1 aromatic rings. The van der Waals surface area contributed by atoms with E-state index in [4.69, 9.17) is 9.47 Å². The van der Waals surface area contributed by atoms with E-state index in [0.717, 1.165) is 12.0 Å². The molecule has 4 N–H and O–H groups in total. The van der Waals surface area contributed by atoms with Gasteiger partial charge in [0.25, 0.3) is 0 Å². The van der Waals surface area contributed by atoms with Crippen LogP contribution >= 0.6 is 0 Å². The molecule has 3 rings (SSSR count). The number of hydrogen-bond acceptors (Lipinski definition) is 7. The summed E-state index contributed by atoms with van der Waals surface area (Å²) in [5, 5.41) is 4.63. The molecule has 31 heavy (non-hydrogen) atoms. The highest BCUT2D eigenvalue weighted by atomic mass is 19.4. The quantitative estimate of drug-likeness (QED) is 0.502. The van der Waals surface area contributed by atoms with Crippen LogP contribution in [0.4, 0.5) is 18.0 Å². The zero-order chi connectivity index (χ0) is 22.4. The Hall–Kier alpha value is -2.60. The Balaban J connectivity index is 1.38. The number of aromatic nitrogens is 1. The molecule has 9 nitrogen and oxygen atoms in total. The van der Waals surface area contributed by atoms with Gasteiger partial charge in [-0.1, -0.05) is 0 Å². The average Bonchev–Trinajstić information content (AvgIpc) is 3.35. The van der Waals surface area contributed by atoms with Gasteiger partial charge in [0, 0.05) is 18.3 Å². The number of ether oxygens (including phenoxy) is 2. The summed E-state index contributed by atoms with van der Waals surface area (Å²) in [5.74, 6) is 0.470. The van der Waals surface area contributed by atoms with Gasteiger partial charge in [0.05, 0.1) is 19.7 Å². The molecule has 0 spiro atoms. The van der Waals surface area contributed by atoms with Crippen LogP contribution < -0.4 is 26.2 Å². The van der Waals surface area contributed by atoms with E-state index < -0.39 is 24.9 Å². The Morgan fingerprint density at radius 1 is 1.26 bits per heavy atom. The Kier molecular flexibility index (Phi) is 7.55. The number of nitrogens with zero attached hydrogens (tertiary/aromatic N) is 1. The molecule has 2 heterocycles. The molecule has 172 valence electrons. The number of alkyl carbamates (subject to hydrolysis) is 1. The predicted octanol–water partition coefficient (Wildman–Crippen LogP) is 1.40. The average molecular weight is 445 g/mol. The van der Waals surface area contributed by atoms with E-state index in [0.29, 0.717) is 25.1 Å². The monoisotopic (exact) mass is 445 g/mol. The lowest BCUT2D eigenvalue weighted by Crippen LogP contribution is -2.45. The minimum Gasteiger partial charge on any atom is -0.481 e. The van der Waals surface area contributed by atoms with Crippen LogP contribution in [0.2, 0.25) is 0 Å². The first-order chi connectivity index (χ1) is 14.7. The van der Waals surface area contributed by atoms with E-state index in [9.17, 15) is 22.8 Å². The molecule has 0 radical (unpaired) electrons. The Morgan fingerprint density at radius 3 is 2.81 bits per heavy atom. The normalized spacial score (nSPS) is 25.8. The van der Waals surface area contributed by atoms with Crippen molar-refractivity contribution in [2.75, 3.05) is 13.7 Å². The maximum absolute atomic E-state index is 12.3. The highest BCUT2D eigenvalue weighted by Gasteiger charge is 2.37. The van der Waals surface area contributed by atoms with E-state index in [-0.39, 0.29) is 30.5 Å². The Bertz CT molecular complexity index is 779. The van der Waals surface area contributed by atoms with Gasteiger partial charge >= 0.3 is 12.3 Å². The predicted molar refractivity (Wildman–Crippen MR) is 103 cm³/mol. The third-order valence-electron chi connectivity index (χ3n) is 5.34. The van der Waals surface area contributed by atoms with Crippen molar-refractivity contribution in [3.8, 4) is 5.88 Å². The van der Waals surface area contributed by atoms with Gasteiger partial charge in [-0.15, -0.1) is 0 Å². The SMILES string of the molecule is COc1cc(CC(=O)NC2CC([C@H]3CC[C@@H](OC(=O)NCC(F)(F)F)C3)NN2)ccn1. The maximum Gasteiger partial charge on any atom is 0.407 e. The number of pyridine rings is 1. The van der Waals surface area contributed by atoms with Gasteiger partial charge in [-0.2, -0.15) is 13.2 Å². The number of nitrogens with one attached hydrogen (secondary N) is 4. The first-order valence-electron chi connectivity index (χ1n) is 10.0. The van der Waals surface area contributed by atoms with Crippen molar-refractivity contribution in [1.29, 1.82) is 0 Å². The molecule has 0 aromatic carbocycles. The van der Waals surface area contributed by atoms with Crippen LogP contribution in [0.1, 0.15) is 31.2 Å². The lowest BCUT2D eigenvalue weighted by atomic mass is 9.96. The number of hydrogen-bond donors (Lipinski definition) is 4. The van der Waals surface area contributed by atoms with Crippen molar-refractivity contribution >= 4 is 12.0 Å². The third-order valence-corrected chi connectivity index (χ3v) is 5.34. The molecule has 2 aliphatic rings. The summed E-state index contributed by atoms with van der Waals surface area (Å²) >= 11 is 0. The lowest BCUT2D eigenvalue weighted by molar-refractivity contribution is -0.124. The smallest absolute Gasteiger partial charge is 0.407 e. The van der Waals surface area contributed by atoms with E-state index in [1.807, 2.05) is 0 Å². The number of carbonyl (C=O) groups is 2. The molecule has 1 aliphatic heterocycles. The second-order valence-corrected chi connectivity index (χ2v) is 7.70. The summed E-state index contributed by atoms with van der Waals surface area (Å²) in [6.07, 6.45) is -1.89. The summed E-state index contributed by atoms with van der Waals surface area (Å²) in [6, 6.07) is 3.50. The summed E-state index contributed by atoms with van der Waals surface area (Å²) in [6.45, 7) is -1.41. The second kappa shape index (κ2) is 10.1. The number of rotatable bonds is 7. The van der Waals surface area contributed by atoms with Crippen LogP contribution in [0.15, 0.2) is 18.3 Å². The van der Waals surface area contributed by atoms with Crippen molar-refractivity contribution in [3.63, 3.8) is 0 Å². The first kappa shape index (κ1) is 23.1. The zero-order valence-corrected chi connectivity index (χ0v) is 17.0. The standard InChI is InChI=1S/C19H26F3N5O4/c1-30-17-7-11(4-5-23-17)6-16(28)25-15-9-14(26-27-15)12-2-3-13(8-12)31-18(29)24-10-19(20,21)22/h4-5,7,12-15,26-27H,2-3,6,8-10H2,1H3,(H,24,29)(H,25,28)/t12-,13+,14?,15?/m0/s1. The molecule has 2 fully saturated rings. The zero-order valence-electron chi connectivity index (χ0n) is 17.0. The molecular weight excluding hydrogens is 419 g/mol. The number of alkyl halides is 3. The number of amides is 2. The fourth-order valence-electron chi connectivity index (χ4n) is 3.90. The van der Waals surface area contributed by atoms with E-state index in [1.54, 1.807) is 23.6 Å². The Morgan fingerprint density at radius 2 is 2.06 bits per heavy atom. The minimum atomic E-state index is -4.47. The van der Waals surface area contributed by atoms with Crippen LogP contribution in [-0.4, -0.2) is 55.1 Å². The van der Waals surface area contributed by atoms with Gasteiger partial charge in [-0.05, 0) is 43.2 Å². The van der Waals surface area contributed by atoms with Gasteiger partial charge in [0.15, 0.2) is 0 Å². The topological polar surface area (TPSA) is 114 Å². The fraction of sp³-hybridized carbons (Fsp3) is 0.632. The van der Waals surface area contributed by atoms with Gasteiger partial charge in [0.1, 0.15) is 12.6 Å². The van der Waals surface area contributed by atoms with Gasteiger partial charge in [0.2, 0.25) is 11.8 Å². The molecule has 2 amide bonds. The van der Waals surface area contributed by atoms with E-state index in [2.05, 4.69) is 21.2 Å². The molecule has 1 saturated heterocycles. The first-order valence-corrected chi connectivity index (χ1v) is 10.0. The van der Waals surface area contributed by atoms with Crippen LogP contribution in [0.25, 0.3) is 0 Å². The largest absolute Gasteiger partial charge is 0.481 e. The fourth-order valence-corrected chi connectivity index (χ4v) is 3.90. The molecule has 1 aromatic heterocycles. The van der Waals surface area contributed by atoms with Crippen molar-refractivity contribution in [3.05, 3.63) is 23.9 Å². The molecular formula is C19H26F3N5O4. The number of hydrazine groups is 1. The third kappa shape index (κ3) is 7.24. The van der Waals surface area contributed by atoms with Crippen molar-refractivity contribution in [2.24, 2.45) is 5.92 Å². The van der Waals surface area contributed by atoms with Crippen molar-refractivity contribution < 1.29 is 32.2 Å². The van der Waals surface area contributed by atoms with Crippen molar-refractivity contribution in [2.45, 2.75) is 56.6 Å². The van der Waals surface area contributed by atoms with E-state index in [1.165, 1.54) is 7.11 Å². The second-order valence-electron chi connectivity index (χ2n) is 7.70. The summed E-state index contributed by atoms with van der Waals surface area (Å²) in [4.78, 5) is 27.8. The maximum atomic E-state index is 12.3. The lowest BCUT2D eigenvalue weighted by Gasteiger charge is -2.18. The highest BCUT2D eigenvalue weighted by molar-refractivity contribution is 5.78. The highest BCUT2D eigenvalue weighted by Crippen LogP contribution is 2.33. The van der Waals surface area contributed by atoms with Gasteiger partial charge < -0.3 is 20.1 Å². The van der Waals surface area contributed by atoms with Crippen LogP contribution in [0.5, 0.6) is 5.88 Å². The van der Waals surface area contributed by atoms with Crippen LogP contribution in [0.3, 0.4) is 0 Å². The van der Waals surface area contributed by atoms with Crippen LogP contribution in [-0.2, 0) is 16.0 Å². The van der Waals surface area contributed by atoms with Gasteiger partial charge in [-0.3, -0.25) is 10.2 Å². The summed E-state index contributed by atoms with van der Waals surface area (Å²) < 4.78 is 46.6. The summed E-state index contributed by atoms with van der Waals surface area (Å²) in [5.41, 5.74) is 6.99. The molecule has 0 bridgehead atoms. The molecule has 2 unspecified atom stereocenters. The molecule has 1 saturated carbocycles. The summed E-state index contributed by atoms with van der Waals surface area (Å²) in [7, 11) is 1.51. The number of halogens is 3. The van der Waals surface area contributed by atoms with Crippen LogP contribution in [0, 0.1) is 5.92 Å². The Labute approximate surface area is 177 Å². The molecule has 12 heteroatoms. The van der Waals surface area contributed by atoms with Crippen molar-refractivity contribution in [1.82, 2.24) is 26.5 Å². The molecule has 4 atom stereocenters. The minimum absolute atomic E-state index is 0.0538. The van der Waals surface area contributed by atoms with E-state index >= 15 is 0 Å².